The van der Waals surface area contributed by atoms with Crippen LogP contribution in [0.1, 0.15) is 92.9 Å². The maximum absolute atomic E-state index is 12.1. The number of carbonyl (C=O) groups is 2. The van der Waals surface area contributed by atoms with E-state index in [2.05, 4.69) is 46.1 Å². The van der Waals surface area contributed by atoms with Gasteiger partial charge < -0.3 is 31.2 Å². The summed E-state index contributed by atoms with van der Waals surface area (Å²) in [5, 5.41) is 18.9. The number of alkyl carbamates (subject to hydrolysis) is 2. The summed E-state index contributed by atoms with van der Waals surface area (Å²) < 4.78 is 14.1. The number of anilines is 1. The van der Waals surface area contributed by atoms with Crippen molar-refractivity contribution in [3.8, 4) is 22.5 Å². The molecule has 8 rings (SSSR count). The second-order valence-electron chi connectivity index (χ2n) is 17.5. The van der Waals surface area contributed by atoms with E-state index in [0.717, 1.165) is 73.5 Å². The monoisotopic (exact) mass is 920 g/mol. The second-order valence-corrected chi connectivity index (χ2v) is 18.7. The Morgan fingerprint density at radius 1 is 0.667 bits per heavy atom. The zero-order valence-electron chi connectivity index (χ0n) is 36.3. The maximum atomic E-state index is 12.1. The standard InChI is InChI=1S/C22H27ClN6O2.C11H6Cl2N4.C11H22N2O2/c1-22(2,3)31-21(30)27-15-8-6-7-14(11-15)26-20-24-13-17(23)19(28-20)16-12-25-29-10-5-4-9-18(16)29;12-8-6-14-11(13)16-10(8)7-5-15-17-4-2-1-3-9(7)17;1-11(2,3)15-10(14)13-9-6-4-5-8(12)7-9/h4-5,9-10,12-15H,6-8,11H2,1-3H3,(H,27,30)(H,24,26,28);1-6H;8-9H,4-7,12H2,1-3H3,(H,13,14)/t14-,15+;;8-,9+/m1.1/s1. The van der Waals surface area contributed by atoms with E-state index in [1.165, 1.54) is 6.20 Å². The number of halogens is 3. The summed E-state index contributed by atoms with van der Waals surface area (Å²) in [4.78, 5) is 40.6. The van der Waals surface area contributed by atoms with Crippen molar-refractivity contribution in [1.29, 1.82) is 0 Å². The Morgan fingerprint density at radius 3 is 1.70 bits per heavy atom. The van der Waals surface area contributed by atoms with Crippen LogP contribution in [0.15, 0.2) is 73.6 Å². The Bertz CT molecular complexity index is 2480. The molecule has 2 saturated carbocycles. The highest BCUT2D eigenvalue weighted by Crippen LogP contribution is 2.31. The predicted molar refractivity (Wildman–Crippen MR) is 246 cm³/mol. The first-order valence-electron chi connectivity index (χ1n) is 21.0. The van der Waals surface area contributed by atoms with Crippen LogP contribution < -0.4 is 21.7 Å². The molecule has 0 saturated heterocycles. The molecule has 6 heterocycles. The van der Waals surface area contributed by atoms with Gasteiger partial charge in [0.1, 0.15) is 11.2 Å². The highest BCUT2D eigenvalue weighted by molar-refractivity contribution is 6.34. The lowest BCUT2D eigenvalue weighted by Crippen LogP contribution is -2.44. The largest absolute Gasteiger partial charge is 0.444 e. The van der Waals surface area contributed by atoms with Crippen LogP contribution in [0.5, 0.6) is 0 Å². The normalized spacial score (nSPS) is 18.9. The third-order valence-corrected chi connectivity index (χ3v) is 10.7. The van der Waals surface area contributed by atoms with Crippen LogP contribution in [0, 0.1) is 0 Å². The lowest BCUT2D eigenvalue weighted by molar-refractivity contribution is 0.0479. The molecule has 19 heteroatoms. The first kappa shape index (κ1) is 47.2. The minimum atomic E-state index is -0.512. The first-order valence-corrected chi connectivity index (χ1v) is 22.1. The molecule has 6 aromatic rings. The zero-order chi connectivity index (χ0) is 45.3. The number of nitrogens with two attached hydrogens (primary N) is 1. The Kier molecular flexibility index (Phi) is 15.7. The molecule has 0 unspecified atom stereocenters. The molecule has 0 bridgehead atoms. The van der Waals surface area contributed by atoms with Crippen LogP contribution in [-0.4, -0.2) is 86.7 Å². The topological polar surface area (TPSA) is 201 Å². The van der Waals surface area contributed by atoms with Gasteiger partial charge in [0.15, 0.2) is 0 Å². The van der Waals surface area contributed by atoms with E-state index in [-0.39, 0.29) is 41.6 Å². The summed E-state index contributed by atoms with van der Waals surface area (Å²) in [7, 11) is 0. The fraction of sp³-hybridized carbons (Fsp3) is 0.455. The van der Waals surface area contributed by atoms with Crippen LogP contribution in [0.3, 0.4) is 0 Å². The van der Waals surface area contributed by atoms with Crippen molar-refractivity contribution in [2.75, 3.05) is 5.32 Å². The SMILES string of the molecule is CC(C)(C)OC(=O)N[C@H]1CCC[C@@H](N)C1.CC(C)(C)OC(=O)N[C@H]1CCC[C@@H](Nc2ncc(Cl)c(-c3cnn4ccccc34)n2)C1.Clc1ncc(Cl)c(-c2cnn3ccccc23)n1. The minimum absolute atomic E-state index is 0.0486. The van der Waals surface area contributed by atoms with Crippen molar-refractivity contribution < 1.29 is 19.1 Å². The number of ether oxygens (including phenoxy) is 2. The number of pyridine rings is 2. The van der Waals surface area contributed by atoms with E-state index in [4.69, 9.17) is 50.0 Å². The molecule has 336 valence electrons. The number of fused-ring (bicyclic) bond motifs is 2. The van der Waals surface area contributed by atoms with Crippen molar-refractivity contribution in [3.63, 3.8) is 0 Å². The van der Waals surface area contributed by atoms with Crippen molar-refractivity contribution in [2.24, 2.45) is 5.73 Å². The van der Waals surface area contributed by atoms with Crippen molar-refractivity contribution in [3.05, 3.63) is 88.9 Å². The number of rotatable bonds is 6. The Hall–Kier alpha value is -5.29. The number of amides is 2. The van der Waals surface area contributed by atoms with Crippen LogP contribution in [0.4, 0.5) is 15.5 Å². The highest BCUT2D eigenvalue weighted by Gasteiger charge is 2.27. The van der Waals surface area contributed by atoms with E-state index in [1.54, 1.807) is 27.6 Å². The average molecular weight is 922 g/mol. The summed E-state index contributed by atoms with van der Waals surface area (Å²) in [5.41, 5.74) is 9.65. The van der Waals surface area contributed by atoms with Gasteiger partial charge in [-0.05, 0) is 129 Å². The molecule has 6 aromatic heterocycles. The molecule has 0 aromatic carbocycles. The number of carbonyl (C=O) groups excluding carboxylic acids is 2. The van der Waals surface area contributed by atoms with Gasteiger partial charge in [-0.1, -0.05) is 35.3 Å². The summed E-state index contributed by atoms with van der Waals surface area (Å²) in [6.45, 7) is 11.2. The lowest BCUT2D eigenvalue weighted by Gasteiger charge is -2.31. The number of nitrogens with zero attached hydrogens (tertiary/aromatic N) is 8. The van der Waals surface area contributed by atoms with Gasteiger partial charge in [-0.3, -0.25) is 0 Å². The number of aromatic nitrogens is 8. The van der Waals surface area contributed by atoms with Gasteiger partial charge in [0.05, 0.1) is 57.3 Å². The summed E-state index contributed by atoms with van der Waals surface area (Å²) in [6, 6.07) is 12.2. The third-order valence-electron chi connectivity index (χ3n) is 9.99. The number of hydrogen-bond donors (Lipinski definition) is 4. The van der Waals surface area contributed by atoms with E-state index in [0.29, 0.717) is 27.4 Å². The van der Waals surface area contributed by atoms with E-state index in [9.17, 15) is 9.59 Å². The van der Waals surface area contributed by atoms with Crippen molar-refractivity contribution in [1.82, 2.24) is 49.8 Å². The number of hydrogen-bond acceptors (Lipinski definition) is 12. The maximum Gasteiger partial charge on any atom is 0.407 e. The van der Waals surface area contributed by atoms with Crippen LogP contribution in [-0.2, 0) is 9.47 Å². The van der Waals surface area contributed by atoms with Gasteiger partial charge in [-0.2, -0.15) is 10.2 Å². The van der Waals surface area contributed by atoms with Crippen LogP contribution in [0.25, 0.3) is 33.5 Å². The summed E-state index contributed by atoms with van der Waals surface area (Å²) in [5.74, 6) is 0.512. The molecule has 2 fully saturated rings. The van der Waals surface area contributed by atoms with Gasteiger partial charge in [-0.15, -0.1) is 0 Å². The fourth-order valence-corrected chi connectivity index (χ4v) is 7.85. The smallest absolute Gasteiger partial charge is 0.407 e. The Labute approximate surface area is 382 Å². The zero-order valence-corrected chi connectivity index (χ0v) is 38.6. The van der Waals surface area contributed by atoms with E-state index >= 15 is 0 Å². The molecule has 2 amide bonds. The van der Waals surface area contributed by atoms with Gasteiger partial charge in [-0.25, -0.2) is 38.6 Å². The molecule has 16 nitrogen and oxygen atoms in total. The summed E-state index contributed by atoms with van der Waals surface area (Å²) in [6.07, 6.45) is 17.3. The van der Waals surface area contributed by atoms with Crippen LogP contribution >= 0.6 is 34.8 Å². The van der Waals surface area contributed by atoms with Crippen molar-refractivity contribution in [2.45, 2.75) is 128 Å². The van der Waals surface area contributed by atoms with Crippen molar-refractivity contribution >= 4 is 64.0 Å². The van der Waals surface area contributed by atoms with Gasteiger partial charge >= 0.3 is 12.2 Å². The lowest BCUT2D eigenvalue weighted by atomic mass is 9.91. The Balaban J connectivity index is 0.000000174. The molecule has 63 heavy (non-hydrogen) atoms. The van der Waals surface area contributed by atoms with Gasteiger partial charge in [0.2, 0.25) is 11.2 Å². The molecule has 5 N–H and O–H groups in total. The second kappa shape index (κ2) is 20.9. The molecule has 2 aliphatic rings. The van der Waals surface area contributed by atoms with Gasteiger partial charge in [0.25, 0.3) is 0 Å². The molecule has 0 spiro atoms. The quantitative estimate of drug-likeness (QED) is 0.116. The molecule has 2 aliphatic carbocycles. The minimum Gasteiger partial charge on any atom is -0.444 e. The number of nitrogens with one attached hydrogen (secondary N) is 3. The molecular weight excluding hydrogens is 867 g/mol. The Morgan fingerprint density at radius 2 is 1.16 bits per heavy atom. The highest BCUT2D eigenvalue weighted by atomic mass is 35.5. The van der Waals surface area contributed by atoms with Gasteiger partial charge in [0, 0.05) is 47.7 Å². The summed E-state index contributed by atoms with van der Waals surface area (Å²) >= 11 is 18.3. The molecule has 0 radical (unpaired) electrons. The first-order chi connectivity index (χ1) is 29.9. The van der Waals surface area contributed by atoms with E-state index in [1.807, 2.05) is 90.3 Å². The van der Waals surface area contributed by atoms with Crippen LogP contribution in [0.2, 0.25) is 15.3 Å². The van der Waals surface area contributed by atoms with E-state index < -0.39 is 11.2 Å². The third kappa shape index (κ3) is 13.8. The average Bonchev–Trinajstić information content (AvgIpc) is 3.84. The molecule has 0 aliphatic heterocycles. The predicted octanol–water partition coefficient (Wildman–Crippen LogP) is 9.57. The fourth-order valence-electron chi connectivity index (χ4n) is 7.34. The molecule has 4 atom stereocenters. The molecular formula is C44H55Cl3N12O4.